The van der Waals surface area contributed by atoms with E-state index in [0.29, 0.717) is 28.5 Å². The minimum Gasteiger partial charge on any atom is -0.335 e. The van der Waals surface area contributed by atoms with Crippen molar-refractivity contribution < 1.29 is 9.18 Å². The first-order valence-corrected chi connectivity index (χ1v) is 10.3. The van der Waals surface area contributed by atoms with E-state index in [9.17, 15) is 9.18 Å². The predicted octanol–water partition coefficient (Wildman–Crippen LogP) is 4.56. The highest BCUT2D eigenvalue weighted by Gasteiger charge is 2.24. The lowest BCUT2D eigenvalue weighted by Crippen LogP contribution is -2.48. The van der Waals surface area contributed by atoms with Gasteiger partial charge in [-0.2, -0.15) is 0 Å². The molecule has 28 heavy (non-hydrogen) atoms. The zero-order chi connectivity index (χ0) is 19.5. The Morgan fingerprint density at radius 2 is 1.89 bits per heavy atom. The Bertz CT molecular complexity index is 985. The highest BCUT2D eigenvalue weighted by atomic mass is 35.5. The van der Waals surface area contributed by atoms with Gasteiger partial charge < -0.3 is 4.90 Å². The van der Waals surface area contributed by atoms with Gasteiger partial charge in [0.25, 0.3) is 5.91 Å². The SMILES string of the molecule is O=C(c1cnc(-c2ccccc2F)s1)N1CCN(Cc2cccc(Cl)c2)CC1. The molecule has 1 saturated heterocycles. The molecule has 4 rings (SSSR count). The van der Waals surface area contributed by atoms with Crippen molar-refractivity contribution in [1.29, 1.82) is 0 Å². The van der Waals surface area contributed by atoms with Crippen LogP contribution in [0, 0.1) is 5.82 Å². The van der Waals surface area contributed by atoms with Crippen molar-refractivity contribution >= 4 is 28.8 Å². The highest BCUT2D eigenvalue weighted by molar-refractivity contribution is 7.16. The topological polar surface area (TPSA) is 36.4 Å². The van der Waals surface area contributed by atoms with Crippen molar-refractivity contribution in [3.63, 3.8) is 0 Å². The molecule has 0 atom stereocenters. The van der Waals surface area contributed by atoms with E-state index in [4.69, 9.17) is 11.6 Å². The van der Waals surface area contributed by atoms with Crippen molar-refractivity contribution in [3.05, 3.63) is 76.0 Å². The zero-order valence-electron chi connectivity index (χ0n) is 15.1. The number of halogens is 2. The zero-order valence-corrected chi connectivity index (χ0v) is 16.7. The fourth-order valence-electron chi connectivity index (χ4n) is 3.29. The molecule has 2 aromatic carbocycles. The molecule has 0 radical (unpaired) electrons. The van der Waals surface area contributed by atoms with Crippen LogP contribution in [0.15, 0.2) is 54.7 Å². The summed E-state index contributed by atoms with van der Waals surface area (Å²) < 4.78 is 13.9. The Morgan fingerprint density at radius 3 is 2.64 bits per heavy atom. The number of carbonyl (C=O) groups is 1. The van der Waals surface area contributed by atoms with Crippen LogP contribution in [0.4, 0.5) is 4.39 Å². The second-order valence-corrected chi connectivity index (χ2v) is 8.17. The van der Waals surface area contributed by atoms with Gasteiger partial charge in [0.1, 0.15) is 15.7 Å². The molecule has 0 aliphatic carbocycles. The summed E-state index contributed by atoms with van der Waals surface area (Å²) in [5.41, 5.74) is 1.60. The number of amides is 1. The van der Waals surface area contributed by atoms with Crippen LogP contribution in [-0.2, 0) is 6.54 Å². The molecule has 3 aromatic rings. The first-order valence-electron chi connectivity index (χ1n) is 9.07. The summed E-state index contributed by atoms with van der Waals surface area (Å²) in [5, 5.41) is 1.27. The molecule has 7 heteroatoms. The van der Waals surface area contributed by atoms with Gasteiger partial charge in [0, 0.05) is 43.3 Å². The second kappa shape index (κ2) is 8.39. The average molecular weight is 416 g/mol. The molecule has 1 aliphatic rings. The van der Waals surface area contributed by atoms with E-state index in [-0.39, 0.29) is 11.7 Å². The quantitative estimate of drug-likeness (QED) is 0.626. The fourth-order valence-corrected chi connectivity index (χ4v) is 4.41. The molecule has 144 valence electrons. The van der Waals surface area contributed by atoms with Crippen LogP contribution in [0.2, 0.25) is 5.02 Å². The maximum atomic E-state index is 13.9. The van der Waals surface area contributed by atoms with Gasteiger partial charge in [0.15, 0.2) is 0 Å². The van der Waals surface area contributed by atoms with Crippen LogP contribution < -0.4 is 0 Å². The number of rotatable bonds is 4. The smallest absolute Gasteiger partial charge is 0.265 e. The van der Waals surface area contributed by atoms with Crippen LogP contribution in [0.3, 0.4) is 0 Å². The maximum absolute atomic E-state index is 13.9. The number of benzene rings is 2. The fraction of sp³-hybridized carbons (Fsp3) is 0.238. The van der Waals surface area contributed by atoms with E-state index in [0.717, 1.165) is 24.7 Å². The average Bonchev–Trinajstić information content (AvgIpc) is 3.18. The van der Waals surface area contributed by atoms with E-state index in [1.807, 2.05) is 23.1 Å². The number of aromatic nitrogens is 1. The summed E-state index contributed by atoms with van der Waals surface area (Å²) in [4.78, 5) is 21.8. The van der Waals surface area contributed by atoms with Crippen molar-refractivity contribution in [1.82, 2.24) is 14.8 Å². The summed E-state index contributed by atoms with van der Waals surface area (Å²) in [6.45, 7) is 3.74. The van der Waals surface area contributed by atoms with E-state index in [1.54, 1.807) is 24.4 Å². The van der Waals surface area contributed by atoms with Crippen LogP contribution in [0.5, 0.6) is 0 Å². The van der Waals surface area contributed by atoms with Crippen molar-refractivity contribution in [2.75, 3.05) is 26.2 Å². The number of hydrogen-bond acceptors (Lipinski definition) is 4. The minimum atomic E-state index is -0.328. The molecule has 1 fully saturated rings. The number of hydrogen-bond donors (Lipinski definition) is 0. The molecule has 1 amide bonds. The highest BCUT2D eigenvalue weighted by Crippen LogP contribution is 2.28. The lowest BCUT2D eigenvalue weighted by atomic mass is 10.2. The maximum Gasteiger partial charge on any atom is 0.265 e. The number of piperazine rings is 1. The number of nitrogens with zero attached hydrogens (tertiary/aromatic N) is 3. The van der Waals surface area contributed by atoms with Crippen LogP contribution in [-0.4, -0.2) is 46.9 Å². The van der Waals surface area contributed by atoms with Gasteiger partial charge in [0.2, 0.25) is 0 Å². The lowest BCUT2D eigenvalue weighted by molar-refractivity contribution is 0.0633. The molecule has 0 unspecified atom stereocenters. The third-order valence-corrected chi connectivity index (χ3v) is 6.03. The molecule has 0 saturated carbocycles. The summed E-state index contributed by atoms with van der Waals surface area (Å²) in [7, 11) is 0. The Hall–Kier alpha value is -2.28. The van der Waals surface area contributed by atoms with Gasteiger partial charge in [-0.25, -0.2) is 9.37 Å². The molecule has 1 aromatic heterocycles. The van der Waals surface area contributed by atoms with E-state index >= 15 is 0 Å². The number of carbonyl (C=O) groups excluding carboxylic acids is 1. The van der Waals surface area contributed by atoms with E-state index in [1.165, 1.54) is 23.0 Å². The van der Waals surface area contributed by atoms with Crippen molar-refractivity contribution in [2.45, 2.75) is 6.54 Å². The molecule has 0 spiro atoms. The van der Waals surface area contributed by atoms with Gasteiger partial charge in [-0.15, -0.1) is 11.3 Å². The Morgan fingerprint density at radius 1 is 1.11 bits per heavy atom. The second-order valence-electron chi connectivity index (χ2n) is 6.71. The first kappa shape index (κ1) is 19.1. The molecule has 4 nitrogen and oxygen atoms in total. The Labute approximate surface area is 172 Å². The summed E-state index contributed by atoms with van der Waals surface area (Å²) >= 11 is 7.29. The predicted molar refractivity (Wildman–Crippen MR) is 110 cm³/mol. The Kier molecular flexibility index (Phi) is 5.71. The molecular formula is C21H19ClFN3OS. The van der Waals surface area contributed by atoms with Gasteiger partial charge in [-0.1, -0.05) is 35.9 Å². The first-order chi connectivity index (χ1) is 13.6. The van der Waals surface area contributed by atoms with Gasteiger partial charge in [-0.3, -0.25) is 9.69 Å². The normalized spacial score (nSPS) is 15.0. The third-order valence-electron chi connectivity index (χ3n) is 4.78. The lowest BCUT2D eigenvalue weighted by Gasteiger charge is -2.34. The van der Waals surface area contributed by atoms with Crippen LogP contribution in [0.25, 0.3) is 10.6 Å². The molecule has 2 heterocycles. The van der Waals surface area contributed by atoms with E-state index < -0.39 is 0 Å². The largest absolute Gasteiger partial charge is 0.335 e. The Balaban J connectivity index is 1.37. The van der Waals surface area contributed by atoms with Gasteiger partial charge in [0.05, 0.1) is 6.20 Å². The summed E-state index contributed by atoms with van der Waals surface area (Å²) in [5.74, 6) is -0.368. The summed E-state index contributed by atoms with van der Waals surface area (Å²) in [6, 6.07) is 14.3. The number of thiazole rings is 1. The molecule has 1 aliphatic heterocycles. The third kappa shape index (κ3) is 4.24. The van der Waals surface area contributed by atoms with Crippen molar-refractivity contribution in [2.24, 2.45) is 0 Å². The van der Waals surface area contributed by atoms with Crippen molar-refractivity contribution in [3.8, 4) is 10.6 Å². The van der Waals surface area contributed by atoms with Gasteiger partial charge in [-0.05, 0) is 29.8 Å². The molecule has 0 bridgehead atoms. The molecular weight excluding hydrogens is 397 g/mol. The molecule has 0 N–H and O–H groups in total. The van der Waals surface area contributed by atoms with E-state index in [2.05, 4.69) is 16.0 Å². The minimum absolute atomic E-state index is 0.0394. The van der Waals surface area contributed by atoms with Crippen LogP contribution >= 0.6 is 22.9 Å². The standard InChI is InChI=1S/C21H19ClFN3OS/c22-16-5-3-4-15(12-16)14-25-8-10-26(11-9-25)21(27)19-13-24-20(28-19)17-6-1-2-7-18(17)23/h1-7,12-13H,8-11,14H2. The monoisotopic (exact) mass is 415 g/mol. The van der Waals surface area contributed by atoms with Gasteiger partial charge >= 0.3 is 0 Å². The summed E-state index contributed by atoms with van der Waals surface area (Å²) in [6.07, 6.45) is 1.55. The van der Waals surface area contributed by atoms with Crippen LogP contribution in [0.1, 0.15) is 15.2 Å².